The van der Waals surface area contributed by atoms with E-state index in [1.807, 2.05) is 42.5 Å². The quantitative estimate of drug-likeness (QED) is 0.724. The number of nitrogens with zero attached hydrogens (tertiary/aromatic N) is 1. The van der Waals surface area contributed by atoms with E-state index < -0.39 is 5.72 Å². The summed E-state index contributed by atoms with van der Waals surface area (Å²) in [6.07, 6.45) is 2.70. The van der Waals surface area contributed by atoms with Gasteiger partial charge in [0.25, 0.3) is 5.91 Å². The van der Waals surface area contributed by atoms with Crippen LogP contribution in [0.25, 0.3) is 0 Å². The number of aryl methyl sites for hydroxylation is 1. The summed E-state index contributed by atoms with van der Waals surface area (Å²) in [7, 11) is 3.23. The van der Waals surface area contributed by atoms with Crippen LogP contribution < -0.4 is 4.74 Å². The fraction of sp³-hybridized carbons (Fsp3) is 0.409. The standard InChI is InChI=1S/C22H27NO4/c1-4-8-17-19(27-15-26-3)12-11-18-20(17)21(24)23(2)22(18,25)14-13-16-9-6-5-7-10-16/h5-7,9-12,25H,4,8,13-15H2,1-3H3. The Labute approximate surface area is 160 Å². The second kappa shape index (κ2) is 8.11. The molecule has 1 aliphatic rings. The molecule has 1 aliphatic heterocycles. The van der Waals surface area contributed by atoms with Gasteiger partial charge in [0.05, 0.1) is 5.56 Å². The smallest absolute Gasteiger partial charge is 0.256 e. The van der Waals surface area contributed by atoms with E-state index in [1.165, 1.54) is 4.90 Å². The lowest BCUT2D eigenvalue weighted by atomic mass is 9.91. The maximum absolute atomic E-state index is 13.0. The average molecular weight is 369 g/mol. The molecule has 0 saturated heterocycles. The summed E-state index contributed by atoms with van der Waals surface area (Å²) in [4.78, 5) is 14.5. The Morgan fingerprint density at radius 2 is 1.85 bits per heavy atom. The van der Waals surface area contributed by atoms with Crippen LogP contribution in [0.15, 0.2) is 42.5 Å². The molecule has 5 heteroatoms. The first kappa shape index (κ1) is 19.4. The Kier molecular flexibility index (Phi) is 5.82. The van der Waals surface area contributed by atoms with Crippen LogP contribution in [0, 0.1) is 0 Å². The number of rotatable bonds is 8. The number of amides is 1. The molecule has 5 nitrogen and oxygen atoms in total. The molecule has 27 heavy (non-hydrogen) atoms. The van der Waals surface area contributed by atoms with Crippen molar-refractivity contribution < 1.29 is 19.4 Å². The molecule has 0 radical (unpaired) electrons. The largest absolute Gasteiger partial charge is 0.467 e. The van der Waals surface area contributed by atoms with Crippen LogP contribution in [0.1, 0.15) is 46.8 Å². The normalized spacial score (nSPS) is 18.7. The molecule has 1 atom stereocenters. The van der Waals surface area contributed by atoms with Crippen molar-refractivity contribution in [2.24, 2.45) is 0 Å². The highest BCUT2D eigenvalue weighted by Gasteiger charge is 2.47. The molecule has 144 valence electrons. The number of benzene rings is 2. The highest BCUT2D eigenvalue weighted by atomic mass is 16.7. The molecule has 1 heterocycles. The molecule has 1 unspecified atom stereocenters. The predicted octanol–water partition coefficient (Wildman–Crippen LogP) is 3.49. The number of hydrogen-bond donors (Lipinski definition) is 1. The van der Waals surface area contributed by atoms with Crippen LogP contribution in [0.4, 0.5) is 0 Å². The van der Waals surface area contributed by atoms with E-state index in [1.54, 1.807) is 14.2 Å². The Bertz CT molecular complexity index is 805. The molecule has 0 bridgehead atoms. The van der Waals surface area contributed by atoms with E-state index in [-0.39, 0.29) is 12.7 Å². The monoisotopic (exact) mass is 369 g/mol. The topological polar surface area (TPSA) is 59.0 Å². The summed E-state index contributed by atoms with van der Waals surface area (Å²) in [5, 5.41) is 11.4. The Balaban J connectivity index is 1.98. The number of carbonyl (C=O) groups excluding carboxylic acids is 1. The van der Waals surface area contributed by atoms with Crippen LogP contribution in [-0.2, 0) is 23.3 Å². The SMILES string of the molecule is CCCc1c(OCOC)ccc2c1C(=O)N(C)C2(O)CCc1ccccc1. The summed E-state index contributed by atoms with van der Waals surface area (Å²) in [6.45, 7) is 2.18. The van der Waals surface area contributed by atoms with Crippen LogP contribution in [-0.4, -0.2) is 36.9 Å². The van der Waals surface area contributed by atoms with Gasteiger partial charge in [-0.1, -0.05) is 43.7 Å². The minimum Gasteiger partial charge on any atom is -0.467 e. The van der Waals surface area contributed by atoms with E-state index in [2.05, 4.69) is 6.92 Å². The summed E-state index contributed by atoms with van der Waals surface area (Å²) in [6, 6.07) is 13.6. The molecule has 0 aromatic heterocycles. The van der Waals surface area contributed by atoms with Gasteiger partial charge >= 0.3 is 0 Å². The first-order chi connectivity index (χ1) is 13.0. The van der Waals surface area contributed by atoms with Crippen molar-refractivity contribution in [3.8, 4) is 5.75 Å². The Morgan fingerprint density at radius 1 is 1.11 bits per heavy atom. The van der Waals surface area contributed by atoms with Gasteiger partial charge in [0.15, 0.2) is 12.5 Å². The van der Waals surface area contributed by atoms with Crippen molar-refractivity contribution in [2.45, 2.75) is 38.3 Å². The number of methoxy groups -OCH3 is 1. The van der Waals surface area contributed by atoms with Gasteiger partial charge in [0.1, 0.15) is 5.75 Å². The average Bonchev–Trinajstić information content (AvgIpc) is 2.88. The third kappa shape index (κ3) is 3.57. The second-order valence-corrected chi connectivity index (χ2v) is 6.93. The highest BCUT2D eigenvalue weighted by Crippen LogP contribution is 2.43. The number of fused-ring (bicyclic) bond motifs is 1. The van der Waals surface area contributed by atoms with Gasteiger partial charge in [-0.2, -0.15) is 0 Å². The molecule has 3 rings (SSSR count). The van der Waals surface area contributed by atoms with Gasteiger partial charge in [-0.25, -0.2) is 0 Å². The van der Waals surface area contributed by atoms with Gasteiger partial charge in [0, 0.05) is 31.7 Å². The maximum atomic E-state index is 13.0. The molecule has 2 aromatic carbocycles. The van der Waals surface area contributed by atoms with Crippen molar-refractivity contribution in [1.29, 1.82) is 0 Å². The predicted molar refractivity (Wildman–Crippen MR) is 104 cm³/mol. The van der Waals surface area contributed by atoms with Crippen molar-refractivity contribution >= 4 is 5.91 Å². The van der Waals surface area contributed by atoms with Crippen LogP contribution in [0.3, 0.4) is 0 Å². The zero-order valence-electron chi connectivity index (χ0n) is 16.2. The number of carbonyl (C=O) groups is 1. The van der Waals surface area contributed by atoms with Gasteiger partial charge in [-0.3, -0.25) is 4.79 Å². The highest BCUT2D eigenvalue weighted by molar-refractivity contribution is 6.01. The van der Waals surface area contributed by atoms with Gasteiger partial charge in [-0.05, 0) is 30.5 Å². The number of hydrogen-bond acceptors (Lipinski definition) is 4. The van der Waals surface area contributed by atoms with Gasteiger partial charge in [-0.15, -0.1) is 0 Å². The van der Waals surface area contributed by atoms with E-state index in [4.69, 9.17) is 9.47 Å². The Hall–Kier alpha value is -2.37. The van der Waals surface area contributed by atoms with E-state index in [0.29, 0.717) is 36.1 Å². The fourth-order valence-electron chi connectivity index (χ4n) is 3.74. The van der Waals surface area contributed by atoms with Crippen molar-refractivity contribution in [2.75, 3.05) is 21.0 Å². The third-order valence-electron chi connectivity index (χ3n) is 5.21. The van der Waals surface area contributed by atoms with Crippen molar-refractivity contribution in [3.05, 3.63) is 64.7 Å². The lowest BCUT2D eigenvalue weighted by Crippen LogP contribution is -2.41. The molecule has 1 N–H and O–H groups in total. The van der Waals surface area contributed by atoms with Gasteiger partial charge in [0.2, 0.25) is 0 Å². The first-order valence-corrected chi connectivity index (χ1v) is 9.35. The molecule has 2 aromatic rings. The van der Waals surface area contributed by atoms with E-state index >= 15 is 0 Å². The number of ether oxygens (including phenoxy) is 2. The van der Waals surface area contributed by atoms with E-state index in [0.717, 1.165) is 17.5 Å². The molecular formula is C22H27NO4. The second-order valence-electron chi connectivity index (χ2n) is 6.93. The van der Waals surface area contributed by atoms with Crippen molar-refractivity contribution in [3.63, 3.8) is 0 Å². The number of aliphatic hydroxyl groups is 1. The zero-order chi connectivity index (χ0) is 19.4. The third-order valence-corrected chi connectivity index (χ3v) is 5.21. The fourth-order valence-corrected chi connectivity index (χ4v) is 3.74. The lowest BCUT2D eigenvalue weighted by Gasteiger charge is -2.31. The van der Waals surface area contributed by atoms with Gasteiger partial charge < -0.3 is 19.5 Å². The maximum Gasteiger partial charge on any atom is 0.256 e. The summed E-state index contributed by atoms with van der Waals surface area (Å²) in [5.41, 5.74) is 1.90. The van der Waals surface area contributed by atoms with Crippen LogP contribution in [0.5, 0.6) is 5.75 Å². The van der Waals surface area contributed by atoms with E-state index in [9.17, 15) is 9.90 Å². The Morgan fingerprint density at radius 3 is 2.52 bits per heavy atom. The van der Waals surface area contributed by atoms with Crippen LogP contribution in [0.2, 0.25) is 0 Å². The molecule has 0 aliphatic carbocycles. The van der Waals surface area contributed by atoms with Crippen molar-refractivity contribution in [1.82, 2.24) is 4.90 Å². The minimum atomic E-state index is -1.31. The van der Waals surface area contributed by atoms with Crippen LogP contribution >= 0.6 is 0 Å². The molecule has 0 saturated carbocycles. The summed E-state index contributed by atoms with van der Waals surface area (Å²) in [5.74, 6) is 0.485. The minimum absolute atomic E-state index is 0.123. The summed E-state index contributed by atoms with van der Waals surface area (Å²) < 4.78 is 10.7. The first-order valence-electron chi connectivity index (χ1n) is 9.35. The summed E-state index contributed by atoms with van der Waals surface area (Å²) >= 11 is 0. The molecule has 1 amide bonds. The lowest BCUT2D eigenvalue weighted by molar-refractivity contribution is -0.0781. The molecule has 0 fully saturated rings. The zero-order valence-corrected chi connectivity index (χ0v) is 16.2. The molecule has 0 spiro atoms. The molecular weight excluding hydrogens is 342 g/mol.